The summed E-state index contributed by atoms with van der Waals surface area (Å²) in [6, 6.07) is 57.5. The van der Waals surface area contributed by atoms with Gasteiger partial charge in [-0.05, 0) is 108 Å². The molecule has 7 aromatic carbocycles. The summed E-state index contributed by atoms with van der Waals surface area (Å²) in [7, 11) is -2.69. The van der Waals surface area contributed by atoms with Gasteiger partial charge in [-0.25, -0.2) is 0 Å². The lowest BCUT2D eigenvalue weighted by atomic mass is 9.33. The van der Waals surface area contributed by atoms with E-state index >= 15 is 0 Å². The number of benzene rings is 7. The van der Waals surface area contributed by atoms with Gasteiger partial charge in [0.15, 0.2) is 8.07 Å². The van der Waals surface area contributed by atoms with Crippen LogP contribution in [0.5, 0.6) is 11.5 Å². The molecule has 0 amide bonds. The number of para-hydroxylation sites is 3. The zero-order valence-corrected chi connectivity index (χ0v) is 33.6. The Bertz CT molecular complexity index is 2530. The molecule has 0 saturated heterocycles. The van der Waals surface area contributed by atoms with Gasteiger partial charge in [0.05, 0.1) is 0 Å². The molecule has 0 saturated carbocycles. The van der Waals surface area contributed by atoms with Crippen LogP contribution in [0.2, 0.25) is 0 Å². The Morgan fingerprint density at radius 1 is 0.455 bits per heavy atom. The topological polar surface area (TPSA) is 12.5 Å². The molecule has 0 aliphatic carbocycles. The molecule has 3 aliphatic rings. The summed E-state index contributed by atoms with van der Waals surface area (Å²) < 4.78 is 6.97. The van der Waals surface area contributed by atoms with Crippen molar-refractivity contribution in [3.8, 4) is 22.6 Å². The highest BCUT2D eigenvalue weighted by Gasteiger charge is 2.54. The van der Waals surface area contributed by atoms with Gasteiger partial charge in [0.25, 0.3) is 6.71 Å². The number of fused-ring (bicyclic) bond motifs is 11. The highest BCUT2D eigenvalue weighted by atomic mass is 28.3. The van der Waals surface area contributed by atoms with E-state index in [1.807, 2.05) is 0 Å². The van der Waals surface area contributed by atoms with E-state index in [9.17, 15) is 0 Å². The third-order valence-electron chi connectivity index (χ3n) is 12.5. The third kappa shape index (κ3) is 4.80. The lowest BCUT2D eigenvalue weighted by Crippen LogP contribution is -2.75. The Morgan fingerprint density at radius 3 is 1.49 bits per heavy atom. The van der Waals surface area contributed by atoms with Crippen LogP contribution >= 0.6 is 0 Å². The van der Waals surface area contributed by atoms with E-state index in [4.69, 9.17) is 4.74 Å². The van der Waals surface area contributed by atoms with Crippen LogP contribution in [0.3, 0.4) is 0 Å². The van der Waals surface area contributed by atoms with Gasteiger partial charge < -0.3 is 9.64 Å². The molecule has 3 heterocycles. The summed E-state index contributed by atoms with van der Waals surface area (Å²) in [5, 5.41) is 5.83. The van der Waals surface area contributed by atoms with Crippen molar-refractivity contribution in [1.82, 2.24) is 0 Å². The summed E-state index contributed by atoms with van der Waals surface area (Å²) in [4.78, 5) is 2.59. The van der Waals surface area contributed by atoms with E-state index in [-0.39, 0.29) is 6.71 Å². The Morgan fingerprint density at radius 2 is 0.927 bits per heavy atom. The lowest BCUT2D eigenvalue weighted by molar-refractivity contribution is 0.487. The first-order valence-corrected chi connectivity index (χ1v) is 22.1. The molecule has 0 atom stereocenters. The highest BCUT2D eigenvalue weighted by Crippen LogP contribution is 2.43. The predicted octanol–water partition coefficient (Wildman–Crippen LogP) is 8.82. The molecule has 268 valence electrons. The molecule has 0 unspecified atom stereocenters. The quantitative estimate of drug-likeness (QED) is 0.165. The van der Waals surface area contributed by atoms with Gasteiger partial charge in [0, 0.05) is 17.1 Å². The molecular weight excluding hydrogens is 681 g/mol. The van der Waals surface area contributed by atoms with Crippen LogP contribution in [0.1, 0.15) is 76.0 Å². The number of hydrogen-bond donors (Lipinski definition) is 0. The van der Waals surface area contributed by atoms with Crippen molar-refractivity contribution >= 4 is 69.0 Å². The summed E-state index contributed by atoms with van der Waals surface area (Å²) in [6.45, 7) is 14.1. The Labute approximate surface area is 327 Å². The molecule has 4 heteroatoms. The van der Waals surface area contributed by atoms with Crippen molar-refractivity contribution < 1.29 is 4.74 Å². The minimum absolute atomic E-state index is 0.0208. The standard InChI is InChI=1S/C51H46BNOSi/c1-32(2)35-30-38(33(3)4)50(39(31-35)34(5)6)52-40-20-9-12-24-44(40)54-45-25-17-23-43(51(45)52)53-41-21-10-15-28-48(41)55(49-29-16-11-22-42(49)53)46-26-13-7-18-36(46)37-19-8-14-27-47(37)55/h7-34H,1-6H3. The average molecular weight is 728 g/mol. The molecule has 7 aromatic rings. The number of hydrogen-bond acceptors (Lipinski definition) is 2. The highest BCUT2D eigenvalue weighted by molar-refractivity contribution is 7.23. The Hall–Kier alpha value is -5.58. The van der Waals surface area contributed by atoms with E-state index in [1.165, 1.54) is 82.0 Å². The zero-order chi connectivity index (χ0) is 37.6. The molecular formula is C51H46BNOSi. The van der Waals surface area contributed by atoms with Crippen LogP contribution in [0, 0.1) is 0 Å². The molecule has 0 aromatic heterocycles. The van der Waals surface area contributed by atoms with Crippen LogP contribution < -0.4 is 46.8 Å². The first-order chi connectivity index (χ1) is 26.8. The fourth-order valence-electron chi connectivity index (χ4n) is 10.2. The maximum absolute atomic E-state index is 6.97. The molecule has 1 spiro atoms. The van der Waals surface area contributed by atoms with Crippen molar-refractivity contribution in [3.05, 3.63) is 168 Å². The van der Waals surface area contributed by atoms with Crippen LogP contribution in [-0.4, -0.2) is 14.8 Å². The normalized spacial score (nSPS) is 14.3. The van der Waals surface area contributed by atoms with E-state index in [0.717, 1.165) is 11.5 Å². The van der Waals surface area contributed by atoms with Crippen molar-refractivity contribution in [2.75, 3.05) is 4.90 Å². The maximum Gasteiger partial charge on any atom is 0.254 e. The lowest BCUT2D eigenvalue weighted by Gasteiger charge is -2.45. The van der Waals surface area contributed by atoms with Gasteiger partial charge >= 0.3 is 0 Å². The molecule has 0 fully saturated rings. The zero-order valence-electron chi connectivity index (χ0n) is 32.6. The Kier molecular flexibility index (Phi) is 7.87. The number of rotatable bonds is 5. The summed E-state index contributed by atoms with van der Waals surface area (Å²) in [5.41, 5.74) is 14.6. The molecule has 0 bridgehead atoms. The second kappa shape index (κ2) is 12.7. The van der Waals surface area contributed by atoms with E-state index in [1.54, 1.807) is 0 Å². The van der Waals surface area contributed by atoms with Gasteiger partial charge in [-0.15, -0.1) is 0 Å². The average Bonchev–Trinajstić information content (AvgIpc) is 3.50. The first kappa shape index (κ1) is 34.0. The molecule has 55 heavy (non-hydrogen) atoms. The van der Waals surface area contributed by atoms with E-state index in [0.29, 0.717) is 17.8 Å². The molecule has 0 radical (unpaired) electrons. The third-order valence-corrected chi connectivity index (χ3v) is 17.5. The SMILES string of the molecule is CC(C)c1cc(C(C)C)c(B2c3ccccc3Oc3cccc(N4c5ccccc5[Si]5(c6ccccc6-c6ccccc65)c5ccccc54)c32)c(C(C)C)c1. The Balaban J connectivity index is 1.30. The smallest absolute Gasteiger partial charge is 0.254 e. The second-order valence-electron chi connectivity index (χ2n) is 16.5. The molecule has 3 aliphatic heterocycles. The summed E-state index contributed by atoms with van der Waals surface area (Å²) in [6.07, 6.45) is 0. The number of nitrogens with zero attached hydrogens (tertiary/aromatic N) is 1. The molecule has 10 rings (SSSR count). The fraction of sp³-hybridized carbons (Fsp3) is 0.176. The predicted molar refractivity (Wildman–Crippen MR) is 237 cm³/mol. The van der Waals surface area contributed by atoms with E-state index in [2.05, 4.69) is 198 Å². The molecule has 2 nitrogen and oxygen atoms in total. The van der Waals surface area contributed by atoms with E-state index < -0.39 is 8.07 Å². The van der Waals surface area contributed by atoms with Gasteiger partial charge in [0.2, 0.25) is 0 Å². The van der Waals surface area contributed by atoms with Crippen molar-refractivity contribution in [2.24, 2.45) is 0 Å². The maximum atomic E-state index is 6.97. The first-order valence-electron chi connectivity index (χ1n) is 20.1. The largest absolute Gasteiger partial charge is 0.458 e. The summed E-state index contributed by atoms with van der Waals surface area (Å²) in [5.74, 6) is 3.02. The molecule has 0 N–H and O–H groups in total. The van der Waals surface area contributed by atoms with Crippen LogP contribution in [0.15, 0.2) is 152 Å². The van der Waals surface area contributed by atoms with Crippen LogP contribution in [0.25, 0.3) is 11.1 Å². The van der Waals surface area contributed by atoms with Gasteiger partial charge in [-0.1, -0.05) is 168 Å². The summed E-state index contributed by atoms with van der Waals surface area (Å²) >= 11 is 0. The minimum Gasteiger partial charge on any atom is -0.458 e. The van der Waals surface area contributed by atoms with Crippen molar-refractivity contribution in [3.63, 3.8) is 0 Å². The van der Waals surface area contributed by atoms with Crippen molar-refractivity contribution in [1.29, 1.82) is 0 Å². The fourth-order valence-corrected chi connectivity index (χ4v) is 15.7. The number of anilines is 3. The van der Waals surface area contributed by atoms with Crippen molar-refractivity contribution in [2.45, 2.75) is 59.3 Å². The monoisotopic (exact) mass is 727 g/mol. The van der Waals surface area contributed by atoms with Gasteiger partial charge in [-0.2, -0.15) is 0 Å². The van der Waals surface area contributed by atoms with Gasteiger partial charge in [0.1, 0.15) is 11.5 Å². The van der Waals surface area contributed by atoms with Crippen LogP contribution in [0.4, 0.5) is 17.1 Å². The minimum atomic E-state index is -2.69. The second-order valence-corrected chi connectivity index (χ2v) is 20.2. The number of ether oxygens (including phenoxy) is 1. The van der Waals surface area contributed by atoms with Gasteiger partial charge in [-0.3, -0.25) is 0 Å². The van der Waals surface area contributed by atoms with Crippen LogP contribution in [-0.2, 0) is 0 Å².